The van der Waals surface area contributed by atoms with Crippen LogP contribution in [0, 0.1) is 0 Å². The summed E-state index contributed by atoms with van der Waals surface area (Å²) in [7, 11) is 0. The topological polar surface area (TPSA) is 57.2 Å². The van der Waals surface area contributed by atoms with Crippen molar-refractivity contribution in [3.05, 3.63) is 83.4 Å². The van der Waals surface area contributed by atoms with Gasteiger partial charge in [-0.05, 0) is 59.7 Å². The average molecular weight is 446 g/mol. The average Bonchev–Trinajstić information content (AvgIpc) is 3.49. The van der Waals surface area contributed by atoms with E-state index in [4.69, 9.17) is 18.9 Å². The molecule has 0 radical (unpaired) electrons. The highest BCUT2D eigenvalue weighted by molar-refractivity contribution is 5.73. The summed E-state index contributed by atoms with van der Waals surface area (Å²) in [4.78, 5) is 14.4. The van der Waals surface area contributed by atoms with Crippen LogP contribution in [0.4, 0.5) is 0 Å². The molecule has 0 saturated heterocycles. The van der Waals surface area contributed by atoms with E-state index in [1.807, 2.05) is 35.2 Å². The molecule has 0 aromatic heterocycles. The van der Waals surface area contributed by atoms with Gasteiger partial charge in [-0.15, -0.1) is 0 Å². The first-order chi connectivity index (χ1) is 16.2. The van der Waals surface area contributed by atoms with Crippen LogP contribution in [0.15, 0.2) is 66.7 Å². The van der Waals surface area contributed by atoms with Crippen molar-refractivity contribution in [2.24, 2.45) is 0 Å². The van der Waals surface area contributed by atoms with Gasteiger partial charge in [0.15, 0.2) is 23.0 Å². The Hall–Kier alpha value is -3.67. The zero-order chi connectivity index (χ0) is 22.6. The van der Waals surface area contributed by atoms with Crippen molar-refractivity contribution in [3.63, 3.8) is 0 Å². The number of fused-ring (bicyclic) bond motifs is 2. The zero-order valence-electron chi connectivity index (χ0n) is 18.7. The Balaban J connectivity index is 1.33. The van der Waals surface area contributed by atoms with Gasteiger partial charge in [0, 0.05) is 20.0 Å². The first-order valence-corrected chi connectivity index (χ1v) is 11.2. The van der Waals surface area contributed by atoms with E-state index in [1.165, 1.54) is 11.1 Å². The van der Waals surface area contributed by atoms with Crippen LogP contribution < -0.4 is 18.9 Å². The molecule has 0 unspecified atom stereocenters. The number of amides is 1. The molecule has 2 heterocycles. The second-order valence-electron chi connectivity index (χ2n) is 8.42. The molecule has 3 aromatic rings. The van der Waals surface area contributed by atoms with Gasteiger partial charge in [-0.2, -0.15) is 0 Å². The summed E-state index contributed by atoms with van der Waals surface area (Å²) in [6, 6.07) is 22.5. The third-order valence-electron chi connectivity index (χ3n) is 6.20. The summed E-state index contributed by atoms with van der Waals surface area (Å²) >= 11 is 0. The molecule has 1 atom stereocenters. The van der Waals surface area contributed by atoms with Crippen molar-refractivity contribution in [1.82, 2.24) is 4.90 Å². The van der Waals surface area contributed by atoms with Gasteiger partial charge in [0.25, 0.3) is 0 Å². The summed E-state index contributed by atoms with van der Waals surface area (Å²) in [6.07, 6.45) is 1.72. The summed E-state index contributed by atoms with van der Waals surface area (Å²) < 4.78 is 22.0. The molecule has 2 aliphatic heterocycles. The van der Waals surface area contributed by atoms with E-state index in [0.29, 0.717) is 13.1 Å². The first kappa shape index (κ1) is 21.2. The number of ether oxygens (including phenoxy) is 4. The number of nitrogens with zero attached hydrogens (tertiary/aromatic N) is 1. The molecule has 6 nitrogen and oxygen atoms in total. The van der Waals surface area contributed by atoms with Crippen LogP contribution in [-0.2, 0) is 17.8 Å². The Morgan fingerprint density at radius 1 is 0.818 bits per heavy atom. The summed E-state index contributed by atoms with van der Waals surface area (Å²) in [5.41, 5.74) is 3.48. The van der Waals surface area contributed by atoms with Crippen molar-refractivity contribution in [1.29, 1.82) is 0 Å². The van der Waals surface area contributed by atoms with E-state index in [1.54, 1.807) is 6.92 Å². The molecule has 0 bridgehead atoms. The molecule has 0 saturated carbocycles. The molecule has 5 rings (SSSR count). The maximum atomic E-state index is 12.5. The quantitative estimate of drug-likeness (QED) is 0.493. The van der Waals surface area contributed by atoms with Crippen LogP contribution in [0.1, 0.15) is 36.0 Å². The molecular weight excluding hydrogens is 418 g/mol. The summed E-state index contributed by atoms with van der Waals surface area (Å²) in [5, 5.41) is 0. The predicted octanol–water partition coefficient (Wildman–Crippen LogP) is 4.91. The lowest BCUT2D eigenvalue weighted by molar-refractivity contribution is -0.129. The van der Waals surface area contributed by atoms with Gasteiger partial charge in [-0.3, -0.25) is 4.79 Å². The fourth-order valence-corrected chi connectivity index (χ4v) is 4.37. The second kappa shape index (κ2) is 9.45. The molecule has 3 aromatic carbocycles. The van der Waals surface area contributed by atoms with Crippen LogP contribution in [0.2, 0.25) is 0 Å². The van der Waals surface area contributed by atoms with Gasteiger partial charge in [0.05, 0.1) is 0 Å². The van der Waals surface area contributed by atoms with Gasteiger partial charge in [0.1, 0.15) is 0 Å². The van der Waals surface area contributed by atoms with E-state index in [-0.39, 0.29) is 25.4 Å². The Labute approximate surface area is 193 Å². The van der Waals surface area contributed by atoms with E-state index in [0.717, 1.165) is 41.4 Å². The monoisotopic (exact) mass is 445 g/mol. The van der Waals surface area contributed by atoms with E-state index < -0.39 is 0 Å². The van der Waals surface area contributed by atoms with Crippen LogP contribution in [0.5, 0.6) is 23.0 Å². The number of carbonyl (C=O) groups excluding carboxylic acids is 1. The van der Waals surface area contributed by atoms with E-state index in [9.17, 15) is 4.79 Å². The minimum Gasteiger partial charge on any atom is -0.454 e. The SMILES string of the molecule is CC(=O)N(CC[C@@H](Cc1ccccc1)c1ccc2c(c1)OCO2)Cc1ccc2c(c1)OCO2. The van der Waals surface area contributed by atoms with Crippen molar-refractivity contribution in [2.75, 3.05) is 20.1 Å². The highest BCUT2D eigenvalue weighted by atomic mass is 16.7. The lowest BCUT2D eigenvalue weighted by Gasteiger charge is -2.25. The van der Waals surface area contributed by atoms with E-state index in [2.05, 4.69) is 36.4 Å². The summed E-state index contributed by atoms with van der Waals surface area (Å²) in [5.74, 6) is 3.34. The Morgan fingerprint density at radius 2 is 1.48 bits per heavy atom. The molecule has 0 N–H and O–H groups in total. The Morgan fingerprint density at radius 3 is 2.21 bits per heavy atom. The van der Waals surface area contributed by atoms with E-state index >= 15 is 0 Å². The molecule has 1 amide bonds. The van der Waals surface area contributed by atoms with Gasteiger partial charge in [-0.25, -0.2) is 0 Å². The lowest BCUT2D eigenvalue weighted by Crippen LogP contribution is -2.30. The number of rotatable bonds is 8. The third kappa shape index (κ3) is 4.90. The smallest absolute Gasteiger partial charge is 0.231 e. The third-order valence-corrected chi connectivity index (χ3v) is 6.20. The largest absolute Gasteiger partial charge is 0.454 e. The minimum atomic E-state index is 0.0526. The standard InChI is InChI=1S/C27H27NO5/c1-19(29)28(16-21-7-9-24-26(14-21)32-17-30-24)12-11-23(13-20-5-3-2-4-6-20)22-8-10-25-27(15-22)33-18-31-25/h2-10,14-15,23H,11-13,16-18H2,1H3/t23-/m0/s1. The lowest BCUT2D eigenvalue weighted by atomic mass is 9.88. The van der Waals surface area contributed by atoms with Gasteiger partial charge < -0.3 is 23.8 Å². The zero-order valence-corrected chi connectivity index (χ0v) is 18.7. The molecule has 33 heavy (non-hydrogen) atoms. The van der Waals surface area contributed by atoms with Crippen molar-refractivity contribution in [2.45, 2.75) is 32.2 Å². The van der Waals surface area contributed by atoms with Crippen LogP contribution in [0.3, 0.4) is 0 Å². The number of hydrogen-bond acceptors (Lipinski definition) is 5. The molecule has 2 aliphatic rings. The van der Waals surface area contributed by atoms with Crippen molar-refractivity contribution in [3.8, 4) is 23.0 Å². The fraction of sp³-hybridized carbons (Fsp3) is 0.296. The number of hydrogen-bond donors (Lipinski definition) is 0. The molecule has 0 aliphatic carbocycles. The Kier molecular flexibility index (Phi) is 6.07. The molecule has 0 fully saturated rings. The van der Waals surface area contributed by atoms with Crippen LogP contribution in [-0.4, -0.2) is 30.9 Å². The van der Waals surface area contributed by atoms with Gasteiger partial charge in [0.2, 0.25) is 19.5 Å². The first-order valence-electron chi connectivity index (χ1n) is 11.2. The van der Waals surface area contributed by atoms with Crippen molar-refractivity contribution < 1.29 is 23.7 Å². The van der Waals surface area contributed by atoms with Gasteiger partial charge in [-0.1, -0.05) is 42.5 Å². The maximum absolute atomic E-state index is 12.5. The Bertz CT molecular complexity index is 1130. The highest BCUT2D eigenvalue weighted by Gasteiger charge is 2.21. The minimum absolute atomic E-state index is 0.0526. The predicted molar refractivity (Wildman–Crippen MR) is 124 cm³/mol. The number of benzene rings is 3. The molecule has 6 heteroatoms. The second-order valence-corrected chi connectivity index (χ2v) is 8.42. The molecule has 0 spiro atoms. The highest BCUT2D eigenvalue weighted by Crippen LogP contribution is 2.37. The normalized spacial score (nSPS) is 14.2. The molecular formula is C27H27NO5. The van der Waals surface area contributed by atoms with Crippen molar-refractivity contribution >= 4 is 5.91 Å². The van der Waals surface area contributed by atoms with Crippen LogP contribution >= 0.6 is 0 Å². The maximum Gasteiger partial charge on any atom is 0.231 e. The fourth-order valence-electron chi connectivity index (χ4n) is 4.37. The van der Waals surface area contributed by atoms with Crippen LogP contribution in [0.25, 0.3) is 0 Å². The van der Waals surface area contributed by atoms with Gasteiger partial charge >= 0.3 is 0 Å². The summed E-state index contributed by atoms with van der Waals surface area (Å²) in [6.45, 7) is 3.31. The number of carbonyl (C=O) groups is 1. The molecule has 170 valence electrons.